The maximum Gasteiger partial charge on any atom is 0.263 e. The van der Waals surface area contributed by atoms with E-state index >= 15 is 0 Å². The SMILES string of the molecule is COc1cccc(OCC(=O)Nc2c3c(nn2C2CCS(=O)(=O)C2)CSC3)c1. The predicted octanol–water partition coefficient (Wildman–Crippen LogP) is 2.02. The van der Waals surface area contributed by atoms with Gasteiger partial charge in [-0.05, 0) is 18.6 Å². The van der Waals surface area contributed by atoms with Gasteiger partial charge < -0.3 is 14.8 Å². The summed E-state index contributed by atoms with van der Waals surface area (Å²) in [7, 11) is -1.49. The van der Waals surface area contributed by atoms with Crippen LogP contribution in [-0.4, -0.2) is 49.3 Å². The molecule has 0 saturated carbocycles. The third kappa shape index (κ3) is 3.97. The highest BCUT2D eigenvalue weighted by atomic mass is 32.2. The Morgan fingerprint density at radius 2 is 2.18 bits per heavy atom. The molecule has 2 aromatic rings. The summed E-state index contributed by atoms with van der Waals surface area (Å²) in [6, 6.07) is 6.79. The molecule has 1 aromatic carbocycles. The van der Waals surface area contributed by atoms with Crippen LogP contribution in [0, 0.1) is 0 Å². The minimum absolute atomic E-state index is 0.0594. The smallest absolute Gasteiger partial charge is 0.263 e. The molecule has 3 heterocycles. The van der Waals surface area contributed by atoms with Crippen LogP contribution in [0.15, 0.2) is 24.3 Å². The number of amides is 1. The summed E-state index contributed by atoms with van der Waals surface area (Å²) >= 11 is 1.73. The number of carbonyl (C=O) groups is 1. The minimum Gasteiger partial charge on any atom is -0.497 e. The van der Waals surface area contributed by atoms with E-state index < -0.39 is 9.84 Å². The summed E-state index contributed by atoms with van der Waals surface area (Å²) in [5.74, 6) is 3.20. The molecule has 28 heavy (non-hydrogen) atoms. The zero-order chi connectivity index (χ0) is 19.7. The van der Waals surface area contributed by atoms with Gasteiger partial charge in [-0.1, -0.05) is 6.07 Å². The number of benzene rings is 1. The van der Waals surface area contributed by atoms with Crippen molar-refractivity contribution >= 4 is 33.3 Å². The van der Waals surface area contributed by atoms with E-state index in [2.05, 4.69) is 10.4 Å². The van der Waals surface area contributed by atoms with E-state index in [1.807, 2.05) is 0 Å². The lowest BCUT2D eigenvalue weighted by Gasteiger charge is -2.15. The Morgan fingerprint density at radius 1 is 1.36 bits per heavy atom. The molecule has 4 rings (SSSR count). The van der Waals surface area contributed by atoms with E-state index in [1.54, 1.807) is 47.8 Å². The fourth-order valence-corrected chi connectivity index (χ4v) is 6.13. The van der Waals surface area contributed by atoms with Crippen molar-refractivity contribution in [1.82, 2.24) is 9.78 Å². The van der Waals surface area contributed by atoms with E-state index in [9.17, 15) is 13.2 Å². The number of anilines is 1. The van der Waals surface area contributed by atoms with Crippen molar-refractivity contribution in [2.75, 3.05) is 30.5 Å². The second-order valence-corrected chi connectivity index (χ2v) is 10.00. The van der Waals surface area contributed by atoms with Gasteiger partial charge in [-0.15, -0.1) is 0 Å². The third-order valence-corrected chi connectivity index (χ3v) is 7.52. The van der Waals surface area contributed by atoms with Crippen molar-refractivity contribution in [3.63, 3.8) is 0 Å². The highest BCUT2D eigenvalue weighted by molar-refractivity contribution is 7.98. The first-order valence-corrected chi connectivity index (χ1v) is 11.9. The largest absolute Gasteiger partial charge is 0.497 e. The molecule has 150 valence electrons. The molecule has 1 fully saturated rings. The van der Waals surface area contributed by atoms with Gasteiger partial charge in [0.25, 0.3) is 5.91 Å². The van der Waals surface area contributed by atoms with Gasteiger partial charge in [0.1, 0.15) is 17.3 Å². The standard InChI is InChI=1S/C18H21N3O5S2/c1-25-13-3-2-4-14(7-13)26-8-17(22)19-18-15-9-27-10-16(15)20-21(18)12-5-6-28(23,24)11-12/h2-4,7,12H,5-6,8-11H2,1H3,(H,19,22). The maximum atomic E-state index is 12.5. The average molecular weight is 424 g/mol. The molecule has 0 radical (unpaired) electrons. The van der Waals surface area contributed by atoms with Crippen molar-refractivity contribution in [3.8, 4) is 11.5 Å². The Labute approximate surface area is 167 Å². The summed E-state index contributed by atoms with van der Waals surface area (Å²) in [6.07, 6.45) is 0.513. The normalized spacial score (nSPS) is 20.0. The topological polar surface area (TPSA) is 99.5 Å². The molecule has 10 heteroatoms. The molecule has 0 bridgehead atoms. The summed E-state index contributed by atoms with van der Waals surface area (Å²) in [5, 5.41) is 7.48. The summed E-state index contributed by atoms with van der Waals surface area (Å²) in [4.78, 5) is 12.5. The van der Waals surface area contributed by atoms with E-state index in [0.717, 1.165) is 22.8 Å². The number of aromatic nitrogens is 2. The van der Waals surface area contributed by atoms with Crippen LogP contribution in [0.1, 0.15) is 23.7 Å². The molecule has 0 spiro atoms. The van der Waals surface area contributed by atoms with Gasteiger partial charge in [-0.25, -0.2) is 13.1 Å². The number of sulfone groups is 1. The Kier molecular flexibility index (Phi) is 5.24. The monoisotopic (exact) mass is 423 g/mol. The Bertz CT molecular complexity index is 1000. The molecule has 2 aliphatic heterocycles. The number of hydrogen-bond acceptors (Lipinski definition) is 7. The van der Waals surface area contributed by atoms with Crippen molar-refractivity contribution in [2.45, 2.75) is 24.0 Å². The fourth-order valence-electron chi connectivity index (χ4n) is 3.41. The molecule has 2 aliphatic rings. The van der Waals surface area contributed by atoms with E-state index in [1.165, 1.54) is 0 Å². The van der Waals surface area contributed by atoms with Gasteiger partial charge in [0.15, 0.2) is 16.4 Å². The first-order chi connectivity index (χ1) is 13.4. The summed E-state index contributed by atoms with van der Waals surface area (Å²) in [6.45, 7) is -0.163. The average Bonchev–Trinajstić information content (AvgIpc) is 3.36. The van der Waals surface area contributed by atoms with E-state index in [0.29, 0.717) is 23.7 Å². The molecule has 1 amide bonds. The molecule has 1 atom stereocenters. The summed E-state index contributed by atoms with van der Waals surface area (Å²) in [5.41, 5.74) is 1.89. The number of nitrogens with one attached hydrogen (secondary N) is 1. The number of rotatable bonds is 6. The van der Waals surface area contributed by atoms with Crippen LogP contribution < -0.4 is 14.8 Å². The highest BCUT2D eigenvalue weighted by Crippen LogP contribution is 2.38. The number of thioether (sulfide) groups is 1. The Hall–Kier alpha value is -2.20. The van der Waals surface area contributed by atoms with E-state index in [-0.39, 0.29) is 30.1 Å². The maximum absolute atomic E-state index is 12.5. The lowest BCUT2D eigenvalue weighted by molar-refractivity contribution is -0.118. The molecule has 1 unspecified atom stereocenters. The second-order valence-electron chi connectivity index (χ2n) is 6.78. The molecule has 1 N–H and O–H groups in total. The van der Waals surface area contributed by atoms with Gasteiger partial charge in [0.2, 0.25) is 0 Å². The van der Waals surface area contributed by atoms with Crippen LogP contribution in [0.2, 0.25) is 0 Å². The van der Waals surface area contributed by atoms with Gasteiger partial charge in [-0.3, -0.25) is 4.79 Å². The fraction of sp³-hybridized carbons (Fsp3) is 0.444. The second kappa shape index (κ2) is 7.67. The van der Waals surface area contributed by atoms with Crippen LogP contribution in [0.25, 0.3) is 0 Å². The van der Waals surface area contributed by atoms with Gasteiger partial charge in [0.05, 0.1) is 30.4 Å². The number of methoxy groups -OCH3 is 1. The molecule has 0 aliphatic carbocycles. The number of fused-ring (bicyclic) bond motifs is 1. The van der Waals surface area contributed by atoms with Crippen LogP contribution in [-0.2, 0) is 26.1 Å². The van der Waals surface area contributed by atoms with Crippen LogP contribution in [0.3, 0.4) is 0 Å². The quantitative estimate of drug-likeness (QED) is 0.759. The number of carbonyl (C=O) groups excluding carboxylic acids is 1. The Morgan fingerprint density at radius 3 is 2.93 bits per heavy atom. The highest BCUT2D eigenvalue weighted by Gasteiger charge is 2.34. The van der Waals surface area contributed by atoms with Crippen molar-refractivity contribution < 1.29 is 22.7 Å². The zero-order valence-electron chi connectivity index (χ0n) is 15.4. The predicted molar refractivity (Wildman–Crippen MR) is 107 cm³/mol. The van der Waals surface area contributed by atoms with Gasteiger partial charge in [0, 0.05) is 23.1 Å². The summed E-state index contributed by atoms with van der Waals surface area (Å²) < 4.78 is 36.1. The minimum atomic E-state index is -3.05. The molecular formula is C18H21N3O5S2. The first-order valence-electron chi connectivity index (χ1n) is 8.90. The third-order valence-electron chi connectivity index (χ3n) is 4.80. The van der Waals surface area contributed by atoms with Crippen LogP contribution in [0.5, 0.6) is 11.5 Å². The van der Waals surface area contributed by atoms with Crippen LogP contribution in [0.4, 0.5) is 5.82 Å². The number of hydrogen-bond donors (Lipinski definition) is 1. The number of ether oxygens (including phenoxy) is 2. The molecule has 1 aromatic heterocycles. The zero-order valence-corrected chi connectivity index (χ0v) is 17.0. The van der Waals surface area contributed by atoms with Crippen molar-refractivity contribution in [2.24, 2.45) is 0 Å². The van der Waals surface area contributed by atoms with Gasteiger partial charge >= 0.3 is 0 Å². The van der Waals surface area contributed by atoms with Crippen molar-refractivity contribution in [1.29, 1.82) is 0 Å². The lowest BCUT2D eigenvalue weighted by Crippen LogP contribution is -2.24. The van der Waals surface area contributed by atoms with Crippen LogP contribution >= 0.6 is 11.8 Å². The Balaban J connectivity index is 1.48. The van der Waals surface area contributed by atoms with Gasteiger partial charge in [-0.2, -0.15) is 16.9 Å². The first kappa shape index (κ1) is 19.1. The molecule has 8 nitrogen and oxygen atoms in total. The molecule has 1 saturated heterocycles. The van der Waals surface area contributed by atoms with Crippen molar-refractivity contribution in [3.05, 3.63) is 35.5 Å². The number of nitrogens with zero attached hydrogens (tertiary/aromatic N) is 2. The lowest BCUT2D eigenvalue weighted by atomic mass is 10.2. The molecular weight excluding hydrogens is 402 g/mol. The van der Waals surface area contributed by atoms with E-state index in [4.69, 9.17) is 9.47 Å².